The van der Waals surface area contributed by atoms with Gasteiger partial charge in [-0.15, -0.1) is 0 Å². The summed E-state index contributed by atoms with van der Waals surface area (Å²) in [6, 6.07) is 6.76. The van der Waals surface area contributed by atoms with Crippen molar-refractivity contribution in [3.05, 3.63) is 46.7 Å². The highest BCUT2D eigenvalue weighted by Gasteiger charge is 2.09. The van der Waals surface area contributed by atoms with Crippen LogP contribution in [0.1, 0.15) is 5.89 Å². The van der Waals surface area contributed by atoms with Crippen molar-refractivity contribution in [2.75, 3.05) is 24.7 Å². The van der Waals surface area contributed by atoms with Crippen molar-refractivity contribution in [3.63, 3.8) is 0 Å². The molecule has 0 atom stereocenters. The molecule has 0 radical (unpaired) electrons. The Morgan fingerprint density at radius 1 is 1.33 bits per heavy atom. The van der Waals surface area contributed by atoms with E-state index in [1.165, 1.54) is 10.7 Å². The number of fused-ring (bicyclic) bond motifs is 1. The average molecular weight is 285 g/mol. The summed E-state index contributed by atoms with van der Waals surface area (Å²) < 4.78 is 6.89. The van der Waals surface area contributed by atoms with Crippen molar-refractivity contribution in [2.24, 2.45) is 0 Å². The lowest BCUT2D eigenvalue weighted by atomic mass is 10.3. The van der Waals surface area contributed by atoms with Crippen LogP contribution in [0.25, 0.3) is 11.1 Å². The number of nitrogen functional groups attached to an aromatic ring is 1. The van der Waals surface area contributed by atoms with E-state index in [-0.39, 0.29) is 12.1 Å². The van der Waals surface area contributed by atoms with Crippen LogP contribution in [-0.4, -0.2) is 28.9 Å². The van der Waals surface area contributed by atoms with Crippen molar-refractivity contribution >= 4 is 22.5 Å². The number of nitrogens with zero attached hydrogens (tertiary/aromatic N) is 4. The molecule has 21 heavy (non-hydrogen) atoms. The summed E-state index contributed by atoms with van der Waals surface area (Å²) in [4.78, 5) is 18.1. The fraction of sp³-hybridized carbons (Fsp3) is 0.214. The zero-order valence-corrected chi connectivity index (χ0v) is 11.8. The minimum atomic E-state index is -0.206. The zero-order chi connectivity index (χ0) is 15.0. The summed E-state index contributed by atoms with van der Waals surface area (Å²) in [5.41, 5.74) is 8.15. The van der Waals surface area contributed by atoms with Crippen LogP contribution in [0.4, 0.5) is 11.4 Å². The standard InChI is InChI=1S/C14H15N5O2/c1-18(2)10-6-14(20)19(16-7-10)8-13-17-11-4-3-9(15)5-12(11)21-13/h3-7H,8,15H2,1-2H3. The van der Waals surface area contributed by atoms with E-state index in [4.69, 9.17) is 10.2 Å². The third-order valence-electron chi connectivity index (χ3n) is 3.11. The van der Waals surface area contributed by atoms with Gasteiger partial charge in [0.1, 0.15) is 12.1 Å². The molecule has 3 rings (SSSR count). The largest absolute Gasteiger partial charge is 0.439 e. The number of anilines is 2. The van der Waals surface area contributed by atoms with E-state index in [0.717, 1.165) is 5.69 Å². The molecule has 0 aliphatic carbocycles. The second-order valence-electron chi connectivity index (χ2n) is 4.94. The molecule has 2 aromatic heterocycles. The number of aromatic nitrogens is 3. The molecule has 108 valence electrons. The predicted molar refractivity (Wildman–Crippen MR) is 80.3 cm³/mol. The van der Waals surface area contributed by atoms with Crippen LogP contribution in [0.5, 0.6) is 0 Å². The van der Waals surface area contributed by atoms with E-state index >= 15 is 0 Å². The van der Waals surface area contributed by atoms with Crippen LogP contribution >= 0.6 is 0 Å². The van der Waals surface area contributed by atoms with Gasteiger partial charge in [-0.2, -0.15) is 5.10 Å². The van der Waals surface area contributed by atoms with Crippen molar-refractivity contribution in [1.29, 1.82) is 0 Å². The van der Waals surface area contributed by atoms with E-state index in [0.29, 0.717) is 22.7 Å². The molecule has 2 heterocycles. The zero-order valence-electron chi connectivity index (χ0n) is 11.8. The van der Waals surface area contributed by atoms with Gasteiger partial charge in [0, 0.05) is 31.9 Å². The first kappa shape index (κ1) is 13.2. The molecular formula is C14H15N5O2. The van der Waals surface area contributed by atoms with E-state index in [9.17, 15) is 4.79 Å². The van der Waals surface area contributed by atoms with E-state index in [1.54, 1.807) is 24.4 Å². The first-order chi connectivity index (χ1) is 10.0. The lowest BCUT2D eigenvalue weighted by Gasteiger charge is -2.11. The van der Waals surface area contributed by atoms with Crippen molar-refractivity contribution < 1.29 is 4.42 Å². The summed E-state index contributed by atoms with van der Waals surface area (Å²) >= 11 is 0. The van der Waals surface area contributed by atoms with E-state index in [2.05, 4.69) is 10.1 Å². The molecule has 0 saturated heterocycles. The van der Waals surface area contributed by atoms with Crippen LogP contribution in [0.15, 0.2) is 39.7 Å². The van der Waals surface area contributed by atoms with E-state index in [1.807, 2.05) is 19.0 Å². The maximum Gasteiger partial charge on any atom is 0.269 e. The van der Waals surface area contributed by atoms with Crippen LogP contribution in [0.3, 0.4) is 0 Å². The number of oxazole rings is 1. The highest BCUT2D eigenvalue weighted by atomic mass is 16.3. The summed E-state index contributed by atoms with van der Waals surface area (Å²) in [6.45, 7) is 0.182. The maximum atomic E-state index is 12.0. The molecule has 0 fully saturated rings. The molecule has 0 saturated carbocycles. The third-order valence-corrected chi connectivity index (χ3v) is 3.11. The second-order valence-corrected chi connectivity index (χ2v) is 4.94. The molecule has 7 heteroatoms. The fourth-order valence-electron chi connectivity index (χ4n) is 1.97. The summed E-state index contributed by atoms with van der Waals surface area (Å²) in [6.07, 6.45) is 1.63. The topological polar surface area (TPSA) is 90.2 Å². The lowest BCUT2D eigenvalue weighted by Crippen LogP contribution is -2.24. The molecule has 0 amide bonds. The van der Waals surface area contributed by atoms with Crippen LogP contribution in [0, 0.1) is 0 Å². The van der Waals surface area contributed by atoms with Crippen LogP contribution in [0.2, 0.25) is 0 Å². The smallest absolute Gasteiger partial charge is 0.269 e. The van der Waals surface area contributed by atoms with Gasteiger partial charge in [0.15, 0.2) is 5.58 Å². The molecule has 2 N–H and O–H groups in total. The van der Waals surface area contributed by atoms with Gasteiger partial charge in [-0.3, -0.25) is 4.79 Å². The van der Waals surface area contributed by atoms with E-state index < -0.39 is 0 Å². The predicted octanol–water partition coefficient (Wildman–Crippen LogP) is 1.08. The number of hydrogen-bond acceptors (Lipinski definition) is 6. The molecular weight excluding hydrogens is 270 g/mol. The van der Waals surface area contributed by atoms with Gasteiger partial charge < -0.3 is 15.1 Å². The Morgan fingerprint density at radius 2 is 2.14 bits per heavy atom. The average Bonchev–Trinajstić information content (AvgIpc) is 2.82. The van der Waals surface area contributed by atoms with Gasteiger partial charge in [0.05, 0.1) is 11.9 Å². The van der Waals surface area contributed by atoms with Gasteiger partial charge in [-0.25, -0.2) is 9.67 Å². The maximum absolute atomic E-state index is 12.0. The summed E-state index contributed by atoms with van der Waals surface area (Å²) in [5.74, 6) is 0.419. The highest BCUT2D eigenvalue weighted by Crippen LogP contribution is 2.18. The quantitative estimate of drug-likeness (QED) is 0.724. The first-order valence-electron chi connectivity index (χ1n) is 6.42. The molecule has 0 spiro atoms. The third kappa shape index (κ3) is 2.58. The minimum Gasteiger partial charge on any atom is -0.439 e. The molecule has 0 aliphatic heterocycles. The normalized spacial score (nSPS) is 11.0. The fourth-order valence-corrected chi connectivity index (χ4v) is 1.97. The molecule has 0 aliphatic rings. The lowest BCUT2D eigenvalue weighted by molar-refractivity contribution is 0.481. The Kier molecular flexibility index (Phi) is 3.09. The molecule has 7 nitrogen and oxygen atoms in total. The number of benzene rings is 1. The van der Waals surface area contributed by atoms with Crippen molar-refractivity contribution in [1.82, 2.24) is 14.8 Å². The Morgan fingerprint density at radius 3 is 2.86 bits per heavy atom. The Hall–Kier alpha value is -2.83. The van der Waals surface area contributed by atoms with Crippen LogP contribution < -0.4 is 16.2 Å². The monoisotopic (exact) mass is 285 g/mol. The Bertz CT molecular complexity index is 850. The highest BCUT2D eigenvalue weighted by molar-refractivity contribution is 5.76. The minimum absolute atomic E-state index is 0.182. The van der Waals surface area contributed by atoms with Gasteiger partial charge in [0.2, 0.25) is 5.89 Å². The number of hydrogen-bond donors (Lipinski definition) is 1. The second kappa shape index (κ2) is 4.93. The summed E-state index contributed by atoms with van der Waals surface area (Å²) in [5, 5.41) is 4.12. The number of nitrogens with two attached hydrogens (primary N) is 1. The summed E-state index contributed by atoms with van der Waals surface area (Å²) in [7, 11) is 3.71. The number of rotatable bonds is 3. The SMILES string of the molecule is CN(C)c1cnn(Cc2nc3ccc(N)cc3o2)c(=O)c1. The Balaban J connectivity index is 1.93. The van der Waals surface area contributed by atoms with Gasteiger partial charge in [-0.05, 0) is 12.1 Å². The van der Waals surface area contributed by atoms with Crippen LogP contribution in [-0.2, 0) is 6.54 Å². The van der Waals surface area contributed by atoms with Gasteiger partial charge in [-0.1, -0.05) is 0 Å². The van der Waals surface area contributed by atoms with Crippen molar-refractivity contribution in [3.8, 4) is 0 Å². The molecule has 0 unspecified atom stereocenters. The molecule has 3 aromatic rings. The molecule has 0 bridgehead atoms. The molecule has 1 aromatic carbocycles. The first-order valence-corrected chi connectivity index (χ1v) is 6.42. The Labute approximate surface area is 120 Å². The van der Waals surface area contributed by atoms with Crippen molar-refractivity contribution in [2.45, 2.75) is 6.54 Å². The van der Waals surface area contributed by atoms with Gasteiger partial charge in [0.25, 0.3) is 5.56 Å². The van der Waals surface area contributed by atoms with Gasteiger partial charge >= 0.3 is 0 Å².